The maximum atomic E-state index is 12.9. The third-order valence-electron chi connectivity index (χ3n) is 4.26. The second-order valence-electron chi connectivity index (χ2n) is 7.04. The first-order valence-corrected chi connectivity index (χ1v) is 9.65. The Morgan fingerprint density at radius 2 is 1.80 bits per heavy atom. The molecule has 1 amide bonds. The van der Waals surface area contributed by atoms with Crippen molar-refractivity contribution in [2.45, 2.75) is 39.3 Å². The van der Waals surface area contributed by atoms with Crippen LogP contribution in [0.3, 0.4) is 0 Å². The van der Waals surface area contributed by atoms with Crippen LogP contribution in [-0.2, 0) is 17.8 Å². The second kappa shape index (κ2) is 9.78. The van der Waals surface area contributed by atoms with E-state index in [1.807, 2.05) is 13.8 Å². The molecule has 8 heteroatoms. The quantitative estimate of drug-likeness (QED) is 0.595. The SMILES string of the molecule is CC(C)Oc1ccc(-c2nnc(CCC(=O)NCc3ccc(F)cc3)c(=O)[nH]2)cc1. The lowest BCUT2D eigenvalue weighted by molar-refractivity contribution is -0.121. The summed E-state index contributed by atoms with van der Waals surface area (Å²) in [6.07, 6.45) is 0.334. The third-order valence-corrected chi connectivity index (χ3v) is 4.26. The Balaban J connectivity index is 1.55. The van der Waals surface area contributed by atoms with Crippen LogP contribution in [0.2, 0.25) is 0 Å². The number of aryl methyl sites for hydroxylation is 1. The molecular weight excluding hydrogens is 387 g/mol. The molecule has 0 fully saturated rings. The first-order valence-electron chi connectivity index (χ1n) is 9.65. The van der Waals surface area contributed by atoms with E-state index in [2.05, 4.69) is 20.5 Å². The van der Waals surface area contributed by atoms with Gasteiger partial charge in [-0.25, -0.2) is 4.39 Å². The zero-order chi connectivity index (χ0) is 21.5. The Morgan fingerprint density at radius 3 is 2.43 bits per heavy atom. The first-order chi connectivity index (χ1) is 14.4. The number of aromatic amines is 1. The highest BCUT2D eigenvalue weighted by Gasteiger charge is 2.10. The topological polar surface area (TPSA) is 97.0 Å². The van der Waals surface area contributed by atoms with Gasteiger partial charge >= 0.3 is 0 Å². The van der Waals surface area contributed by atoms with Crippen LogP contribution < -0.4 is 15.6 Å². The van der Waals surface area contributed by atoms with Crippen LogP contribution in [0.5, 0.6) is 5.75 Å². The molecule has 0 atom stereocenters. The van der Waals surface area contributed by atoms with E-state index in [1.54, 1.807) is 36.4 Å². The number of hydrogen-bond acceptors (Lipinski definition) is 5. The van der Waals surface area contributed by atoms with E-state index in [4.69, 9.17) is 4.74 Å². The molecule has 7 nitrogen and oxygen atoms in total. The van der Waals surface area contributed by atoms with Crippen LogP contribution >= 0.6 is 0 Å². The molecule has 2 aromatic carbocycles. The lowest BCUT2D eigenvalue weighted by Crippen LogP contribution is -2.25. The summed E-state index contributed by atoms with van der Waals surface area (Å²) in [6.45, 7) is 4.17. The minimum Gasteiger partial charge on any atom is -0.491 e. The second-order valence-corrected chi connectivity index (χ2v) is 7.04. The average Bonchev–Trinajstić information content (AvgIpc) is 2.72. The summed E-state index contributed by atoms with van der Waals surface area (Å²) < 4.78 is 18.5. The van der Waals surface area contributed by atoms with E-state index in [-0.39, 0.29) is 48.5 Å². The molecule has 156 valence electrons. The predicted octanol–water partition coefficient (Wildman–Crippen LogP) is 3.01. The standard InChI is InChI=1S/C22H23FN4O3/c1-14(2)30-18-9-5-16(6-10-18)21-25-22(29)19(26-27-21)11-12-20(28)24-13-15-3-7-17(23)8-4-15/h3-10,14H,11-13H2,1-2H3,(H,24,28)(H,25,27,29). The van der Waals surface area contributed by atoms with Gasteiger partial charge in [0.25, 0.3) is 5.56 Å². The van der Waals surface area contributed by atoms with Gasteiger partial charge in [-0.3, -0.25) is 9.59 Å². The summed E-state index contributed by atoms with van der Waals surface area (Å²) in [4.78, 5) is 27.0. The van der Waals surface area contributed by atoms with Gasteiger partial charge in [0.2, 0.25) is 5.91 Å². The average molecular weight is 410 g/mol. The number of nitrogens with one attached hydrogen (secondary N) is 2. The Kier molecular flexibility index (Phi) is 6.90. The van der Waals surface area contributed by atoms with E-state index in [0.29, 0.717) is 11.4 Å². The first kappa shape index (κ1) is 21.2. The van der Waals surface area contributed by atoms with Gasteiger partial charge in [0.15, 0.2) is 5.82 Å². The smallest absolute Gasteiger partial charge is 0.273 e. The van der Waals surface area contributed by atoms with E-state index in [9.17, 15) is 14.0 Å². The van der Waals surface area contributed by atoms with Gasteiger partial charge in [-0.2, -0.15) is 0 Å². The molecule has 0 aliphatic heterocycles. The zero-order valence-corrected chi connectivity index (χ0v) is 16.8. The van der Waals surface area contributed by atoms with Gasteiger partial charge in [-0.1, -0.05) is 12.1 Å². The summed E-state index contributed by atoms with van der Waals surface area (Å²) in [5, 5.41) is 10.8. The van der Waals surface area contributed by atoms with Gasteiger partial charge in [-0.05, 0) is 55.8 Å². The minimum absolute atomic E-state index is 0.0719. The monoisotopic (exact) mass is 410 g/mol. The fourth-order valence-corrected chi connectivity index (χ4v) is 2.74. The fourth-order valence-electron chi connectivity index (χ4n) is 2.74. The number of rotatable bonds is 8. The molecule has 1 heterocycles. The number of carbonyl (C=O) groups is 1. The minimum atomic E-state index is -0.381. The number of benzene rings is 2. The van der Waals surface area contributed by atoms with Crippen molar-refractivity contribution in [2.75, 3.05) is 0 Å². The lowest BCUT2D eigenvalue weighted by atomic mass is 10.2. The van der Waals surface area contributed by atoms with Crippen molar-refractivity contribution in [1.82, 2.24) is 20.5 Å². The molecule has 0 spiro atoms. The highest BCUT2D eigenvalue weighted by atomic mass is 19.1. The molecule has 1 aromatic heterocycles. The summed E-state index contributed by atoms with van der Waals surface area (Å²) in [7, 11) is 0. The van der Waals surface area contributed by atoms with E-state index in [1.165, 1.54) is 12.1 Å². The number of aromatic nitrogens is 3. The molecule has 0 saturated heterocycles. The van der Waals surface area contributed by atoms with Crippen molar-refractivity contribution >= 4 is 5.91 Å². The largest absolute Gasteiger partial charge is 0.491 e. The van der Waals surface area contributed by atoms with Crippen molar-refractivity contribution < 1.29 is 13.9 Å². The van der Waals surface area contributed by atoms with Crippen molar-refractivity contribution in [3.05, 3.63) is 76.0 Å². The van der Waals surface area contributed by atoms with Crippen molar-refractivity contribution in [2.24, 2.45) is 0 Å². The molecule has 0 aliphatic rings. The number of hydrogen-bond donors (Lipinski definition) is 2. The summed E-state index contributed by atoms with van der Waals surface area (Å²) in [6, 6.07) is 13.1. The van der Waals surface area contributed by atoms with Gasteiger partial charge in [-0.15, -0.1) is 10.2 Å². The van der Waals surface area contributed by atoms with Gasteiger partial charge < -0.3 is 15.0 Å². The molecule has 2 N–H and O–H groups in total. The lowest BCUT2D eigenvalue weighted by Gasteiger charge is -2.09. The van der Waals surface area contributed by atoms with Gasteiger partial charge in [0.1, 0.15) is 17.3 Å². The Hall–Kier alpha value is -3.55. The van der Waals surface area contributed by atoms with Gasteiger partial charge in [0.05, 0.1) is 6.10 Å². The maximum absolute atomic E-state index is 12.9. The highest BCUT2D eigenvalue weighted by molar-refractivity contribution is 5.76. The maximum Gasteiger partial charge on any atom is 0.273 e. The molecule has 0 bridgehead atoms. The van der Waals surface area contributed by atoms with Crippen LogP contribution in [0.1, 0.15) is 31.5 Å². The van der Waals surface area contributed by atoms with Crippen molar-refractivity contribution in [3.63, 3.8) is 0 Å². The summed E-state index contributed by atoms with van der Waals surface area (Å²) in [5.41, 5.74) is 1.31. The van der Waals surface area contributed by atoms with Crippen LogP contribution in [0.15, 0.2) is 53.3 Å². The molecule has 0 unspecified atom stereocenters. The molecule has 30 heavy (non-hydrogen) atoms. The van der Waals surface area contributed by atoms with Crippen molar-refractivity contribution in [3.8, 4) is 17.1 Å². The number of amides is 1. The molecule has 3 rings (SSSR count). The van der Waals surface area contributed by atoms with Crippen LogP contribution in [0.4, 0.5) is 4.39 Å². The molecular formula is C22H23FN4O3. The Morgan fingerprint density at radius 1 is 1.10 bits per heavy atom. The third kappa shape index (κ3) is 5.97. The molecule has 0 radical (unpaired) electrons. The fraction of sp³-hybridized carbons (Fsp3) is 0.273. The number of halogens is 1. The molecule has 0 saturated carbocycles. The number of nitrogens with zero attached hydrogens (tertiary/aromatic N) is 2. The predicted molar refractivity (Wildman–Crippen MR) is 110 cm³/mol. The normalized spacial score (nSPS) is 10.8. The van der Waals surface area contributed by atoms with Crippen molar-refractivity contribution in [1.29, 1.82) is 0 Å². The zero-order valence-electron chi connectivity index (χ0n) is 16.8. The van der Waals surface area contributed by atoms with E-state index >= 15 is 0 Å². The van der Waals surface area contributed by atoms with E-state index in [0.717, 1.165) is 11.3 Å². The summed E-state index contributed by atoms with van der Waals surface area (Å²) in [5.74, 6) is 0.518. The molecule has 0 aliphatic carbocycles. The van der Waals surface area contributed by atoms with Gasteiger partial charge in [0, 0.05) is 24.9 Å². The summed E-state index contributed by atoms with van der Waals surface area (Å²) >= 11 is 0. The van der Waals surface area contributed by atoms with Crippen LogP contribution in [-0.4, -0.2) is 27.2 Å². The molecule has 3 aromatic rings. The number of ether oxygens (including phenoxy) is 1. The highest BCUT2D eigenvalue weighted by Crippen LogP contribution is 2.19. The van der Waals surface area contributed by atoms with Crippen LogP contribution in [0, 0.1) is 5.82 Å². The van der Waals surface area contributed by atoms with E-state index < -0.39 is 0 Å². The Labute approximate surface area is 173 Å². The van der Waals surface area contributed by atoms with Crippen LogP contribution in [0.25, 0.3) is 11.4 Å². The number of carbonyl (C=O) groups excluding carboxylic acids is 1. The number of H-pyrrole nitrogens is 1. The Bertz CT molecular complexity index is 1050.